The Balaban J connectivity index is 2.21. The van der Waals surface area contributed by atoms with Crippen LogP contribution < -0.4 is 5.32 Å². The molecule has 0 radical (unpaired) electrons. The third-order valence-electron chi connectivity index (χ3n) is 3.97. The topological polar surface area (TPSA) is 62.2 Å². The predicted octanol–water partition coefficient (Wildman–Crippen LogP) is 3.47. The molecule has 2 unspecified atom stereocenters. The van der Waals surface area contributed by atoms with Crippen molar-refractivity contribution < 1.29 is 9.90 Å². The van der Waals surface area contributed by atoms with Crippen LogP contribution in [0.15, 0.2) is 12.3 Å². The lowest BCUT2D eigenvalue weighted by Gasteiger charge is -2.25. The summed E-state index contributed by atoms with van der Waals surface area (Å²) in [7, 11) is 0. The van der Waals surface area contributed by atoms with Gasteiger partial charge in [-0.3, -0.25) is 4.98 Å². The molecule has 0 bridgehead atoms. The van der Waals surface area contributed by atoms with Crippen LogP contribution in [0.1, 0.15) is 55.1 Å². The van der Waals surface area contributed by atoms with Gasteiger partial charge in [-0.25, -0.2) is 4.79 Å². The maximum atomic E-state index is 11.2. The fourth-order valence-electron chi connectivity index (χ4n) is 2.76. The molecule has 1 saturated carbocycles. The van der Waals surface area contributed by atoms with Crippen LogP contribution in [0.3, 0.4) is 0 Å². The molecule has 1 heterocycles. The van der Waals surface area contributed by atoms with Crippen molar-refractivity contribution in [3.63, 3.8) is 0 Å². The molecular weight excluding hydrogens is 240 g/mol. The van der Waals surface area contributed by atoms with Gasteiger partial charge in [0.05, 0.1) is 5.69 Å². The molecule has 0 aromatic carbocycles. The Kier molecular flexibility index (Phi) is 4.40. The summed E-state index contributed by atoms with van der Waals surface area (Å²) in [6.07, 6.45) is 7.55. The van der Waals surface area contributed by atoms with Gasteiger partial charge in [-0.2, -0.15) is 0 Å². The van der Waals surface area contributed by atoms with Gasteiger partial charge in [-0.1, -0.05) is 26.2 Å². The Morgan fingerprint density at radius 1 is 1.37 bits per heavy atom. The van der Waals surface area contributed by atoms with Crippen LogP contribution in [0.4, 0.5) is 5.69 Å². The van der Waals surface area contributed by atoms with E-state index < -0.39 is 5.97 Å². The molecule has 104 valence electrons. The summed E-state index contributed by atoms with van der Waals surface area (Å²) in [6.45, 7) is 4.13. The molecule has 0 aliphatic heterocycles. The summed E-state index contributed by atoms with van der Waals surface area (Å²) < 4.78 is 0. The second-order valence-corrected chi connectivity index (χ2v) is 5.54. The average molecular weight is 262 g/mol. The van der Waals surface area contributed by atoms with E-state index in [9.17, 15) is 9.90 Å². The average Bonchev–Trinajstić information content (AvgIpc) is 2.55. The highest BCUT2D eigenvalue weighted by atomic mass is 16.4. The number of hydrogen-bond donors (Lipinski definition) is 2. The van der Waals surface area contributed by atoms with E-state index in [0.717, 1.165) is 12.1 Å². The highest BCUT2D eigenvalue weighted by Gasteiger charge is 2.21. The highest BCUT2D eigenvalue weighted by molar-refractivity contribution is 5.93. The van der Waals surface area contributed by atoms with Gasteiger partial charge in [-0.05, 0) is 31.7 Å². The summed E-state index contributed by atoms with van der Waals surface area (Å²) in [5.74, 6) is -0.339. The van der Waals surface area contributed by atoms with Crippen molar-refractivity contribution in [1.29, 1.82) is 0 Å². The molecule has 0 amide bonds. The second-order valence-electron chi connectivity index (χ2n) is 5.54. The van der Waals surface area contributed by atoms with Gasteiger partial charge in [0.2, 0.25) is 0 Å². The molecule has 2 N–H and O–H groups in total. The first-order chi connectivity index (χ1) is 9.08. The van der Waals surface area contributed by atoms with Crippen molar-refractivity contribution in [2.75, 3.05) is 5.32 Å². The number of nitrogens with zero attached hydrogens (tertiary/aromatic N) is 1. The summed E-state index contributed by atoms with van der Waals surface area (Å²) in [4.78, 5) is 15.3. The minimum Gasteiger partial charge on any atom is -0.478 e. The van der Waals surface area contributed by atoms with Crippen LogP contribution in [0.2, 0.25) is 0 Å². The number of carboxylic acid groups (broad SMARTS) is 1. The lowest BCUT2D eigenvalue weighted by atomic mass is 9.96. The fraction of sp³-hybridized carbons (Fsp3) is 0.600. The second kappa shape index (κ2) is 6.04. The van der Waals surface area contributed by atoms with Crippen molar-refractivity contribution >= 4 is 11.7 Å². The van der Waals surface area contributed by atoms with Gasteiger partial charge in [0.15, 0.2) is 0 Å². The van der Waals surface area contributed by atoms with Crippen molar-refractivity contribution in [2.24, 2.45) is 5.92 Å². The third kappa shape index (κ3) is 3.46. The van der Waals surface area contributed by atoms with E-state index in [-0.39, 0.29) is 5.56 Å². The lowest BCUT2D eigenvalue weighted by Crippen LogP contribution is -2.27. The van der Waals surface area contributed by atoms with E-state index in [0.29, 0.717) is 17.6 Å². The zero-order chi connectivity index (χ0) is 13.8. The lowest BCUT2D eigenvalue weighted by molar-refractivity contribution is 0.0697. The van der Waals surface area contributed by atoms with Gasteiger partial charge in [0.25, 0.3) is 0 Å². The minimum atomic E-state index is -0.920. The van der Waals surface area contributed by atoms with Crippen LogP contribution in [0, 0.1) is 12.8 Å². The van der Waals surface area contributed by atoms with Crippen LogP contribution >= 0.6 is 0 Å². The normalized spacial score (nSPS) is 23.7. The number of carboxylic acids is 1. The monoisotopic (exact) mass is 262 g/mol. The largest absolute Gasteiger partial charge is 0.478 e. The Morgan fingerprint density at radius 2 is 2.11 bits per heavy atom. The van der Waals surface area contributed by atoms with Crippen LogP contribution in [0.25, 0.3) is 0 Å². The number of aryl methyl sites for hydroxylation is 1. The Morgan fingerprint density at radius 3 is 2.84 bits per heavy atom. The van der Waals surface area contributed by atoms with Crippen molar-refractivity contribution in [2.45, 2.75) is 52.0 Å². The standard InChI is InChI=1S/C15H22N2O2/c1-10-6-4-3-5-7-13(10)17-14-8-11(2)16-9-12(14)15(18)19/h8-10,13H,3-7H2,1-2H3,(H,16,17)(H,18,19). The maximum absolute atomic E-state index is 11.2. The first kappa shape index (κ1) is 13.8. The Labute approximate surface area is 114 Å². The Hall–Kier alpha value is -1.58. The number of anilines is 1. The molecule has 1 aliphatic carbocycles. The number of carbonyl (C=O) groups is 1. The zero-order valence-electron chi connectivity index (χ0n) is 11.6. The molecule has 4 heteroatoms. The van der Waals surface area contributed by atoms with Gasteiger partial charge in [0, 0.05) is 17.9 Å². The first-order valence-corrected chi connectivity index (χ1v) is 7.04. The van der Waals surface area contributed by atoms with E-state index in [1.54, 1.807) is 0 Å². The Bertz CT molecular complexity index is 459. The molecule has 19 heavy (non-hydrogen) atoms. The van der Waals surface area contributed by atoms with Gasteiger partial charge >= 0.3 is 5.97 Å². The third-order valence-corrected chi connectivity index (χ3v) is 3.97. The number of rotatable bonds is 3. The van der Waals surface area contributed by atoms with Crippen molar-refractivity contribution in [1.82, 2.24) is 4.98 Å². The number of hydrogen-bond acceptors (Lipinski definition) is 3. The smallest absolute Gasteiger partial charge is 0.339 e. The predicted molar refractivity (Wildman–Crippen MR) is 75.6 cm³/mol. The summed E-state index contributed by atoms with van der Waals surface area (Å²) in [5.41, 5.74) is 1.81. The number of nitrogens with one attached hydrogen (secondary N) is 1. The van der Waals surface area contributed by atoms with Crippen LogP contribution in [-0.2, 0) is 0 Å². The van der Waals surface area contributed by atoms with E-state index in [4.69, 9.17) is 0 Å². The van der Waals surface area contributed by atoms with Gasteiger partial charge < -0.3 is 10.4 Å². The minimum absolute atomic E-state index is 0.266. The highest BCUT2D eigenvalue weighted by Crippen LogP contribution is 2.27. The molecular formula is C15H22N2O2. The molecule has 4 nitrogen and oxygen atoms in total. The fourth-order valence-corrected chi connectivity index (χ4v) is 2.76. The molecule has 0 saturated heterocycles. The van der Waals surface area contributed by atoms with Gasteiger partial charge in [0.1, 0.15) is 5.56 Å². The van der Waals surface area contributed by atoms with Crippen LogP contribution in [-0.4, -0.2) is 22.1 Å². The molecule has 1 aromatic heterocycles. The number of aromatic carboxylic acids is 1. The maximum Gasteiger partial charge on any atom is 0.339 e. The van der Waals surface area contributed by atoms with E-state index in [1.165, 1.54) is 31.9 Å². The molecule has 1 fully saturated rings. The summed E-state index contributed by atoms with van der Waals surface area (Å²) in [6, 6.07) is 2.20. The molecule has 0 spiro atoms. The molecule has 1 aliphatic rings. The van der Waals surface area contributed by atoms with E-state index in [2.05, 4.69) is 17.2 Å². The van der Waals surface area contributed by atoms with E-state index in [1.807, 2.05) is 13.0 Å². The van der Waals surface area contributed by atoms with Gasteiger partial charge in [-0.15, -0.1) is 0 Å². The molecule has 1 aromatic rings. The summed E-state index contributed by atoms with van der Waals surface area (Å²) in [5, 5.41) is 12.7. The van der Waals surface area contributed by atoms with Crippen LogP contribution in [0.5, 0.6) is 0 Å². The number of pyridine rings is 1. The SMILES string of the molecule is Cc1cc(NC2CCCCCC2C)c(C(=O)O)cn1. The van der Waals surface area contributed by atoms with Crippen molar-refractivity contribution in [3.05, 3.63) is 23.5 Å². The zero-order valence-corrected chi connectivity index (χ0v) is 11.6. The van der Waals surface area contributed by atoms with Crippen molar-refractivity contribution in [3.8, 4) is 0 Å². The summed E-state index contributed by atoms with van der Waals surface area (Å²) >= 11 is 0. The molecule has 2 atom stereocenters. The van der Waals surface area contributed by atoms with E-state index >= 15 is 0 Å². The molecule has 2 rings (SSSR count). The number of aromatic nitrogens is 1. The first-order valence-electron chi connectivity index (χ1n) is 7.04. The quantitative estimate of drug-likeness (QED) is 0.819.